The van der Waals surface area contributed by atoms with Gasteiger partial charge in [0.1, 0.15) is 0 Å². The van der Waals surface area contributed by atoms with E-state index in [0.29, 0.717) is 19.8 Å². The highest BCUT2D eigenvalue weighted by molar-refractivity contribution is 5.44. The molecule has 0 unspecified atom stereocenters. The Hall–Kier alpha value is -1.34. The van der Waals surface area contributed by atoms with Gasteiger partial charge < -0.3 is 24.2 Å². The van der Waals surface area contributed by atoms with Crippen molar-refractivity contribution in [1.82, 2.24) is 9.80 Å². The molecule has 2 aliphatic heterocycles. The Morgan fingerprint density at radius 2 is 1.95 bits per heavy atom. The third-order valence-corrected chi connectivity index (χ3v) is 4.08. The standard InChI is InChI=1S/C16H24N2O4/c1-17-4-6-18(7-5-17)9-14(19)11-20-10-13-2-3-15-16(8-13)22-12-21-15/h2-3,8,14,19H,4-7,9-12H2,1H3/t14-/m1/s1. The van der Waals surface area contributed by atoms with Crippen LogP contribution in [0.3, 0.4) is 0 Å². The van der Waals surface area contributed by atoms with Crippen LogP contribution >= 0.6 is 0 Å². The van der Waals surface area contributed by atoms with Gasteiger partial charge in [-0.2, -0.15) is 0 Å². The fourth-order valence-corrected chi connectivity index (χ4v) is 2.72. The van der Waals surface area contributed by atoms with Crippen molar-refractivity contribution < 1.29 is 19.3 Å². The van der Waals surface area contributed by atoms with Crippen LogP contribution in [0.2, 0.25) is 0 Å². The van der Waals surface area contributed by atoms with Crippen LogP contribution in [-0.2, 0) is 11.3 Å². The zero-order valence-electron chi connectivity index (χ0n) is 13.0. The van der Waals surface area contributed by atoms with Crippen LogP contribution in [0.25, 0.3) is 0 Å². The van der Waals surface area contributed by atoms with Crippen LogP contribution in [0.1, 0.15) is 5.56 Å². The van der Waals surface area contributed by atoms with E-state index in [1.54, 1.807) is 0 Å². The van der Waals surface area contributed by atoms with E-state index in [-0.39, 0.29) is 6.79 Å². The maximum atomic E-state index is 10.1. The number of benzene rings is 1. The lowest BCUT2D eigenvalue weighted by Crippen LogP contribution is -2.47. The summed E-state index contributed by atoms with van der Waals surface area (Å²) in [5, 5.41) is 10.1. The molecule has 0 aliphatic carbocycles. The second kappa shape index (κ2) is 7.28. The number of hydrogen-bond donors (Lipinski definition) is 1. The van der Waals surface area contributed by atoms with Crippen LogP contribution in [-0.4, -0.2) is 74.2 Å². The number of ether oxygens (including phenoxy) is 3. The number of likely N-dealkylation sites (N-methyl/N-ethyl adjacent to an activating group) is 1. The SMILES string of the molecule is CN1CCN(C[C@@H](O)COCc2ccc3c(c2)OCO3)CC1. The maximum absolute atomic E-state index is 10.1. The third-order valence-electron chi connectivity index (χ3n) is 4.08. The van der Waals surface area contributed by atoms with E-state index < -0.39 is 6.10 Å². The van der Waals surface area contributed by atoms with Crippen molar-refractivity contribution in [3.05, 3.63) is 23.8 Å². The summed E-state index contributed by atoms with van der Waals surface area (Å²) in [5.74, 6) is 1.54. The highest BCUT2D eigenvalue weighted by Gasteiger charge is 2.17. The van der Waals surface area contributed by atoms with Crippen molar-refractivity contribution in [2.45, 2.75) is 12.7 Å². The van der Waals surface area contributed by atoms with Crippen molar-refractivity contribution in [3.63, 3.8) is 0 Å². The molecular weight excluding hydrogens is 284 g/mol. The van der Waals surface area contributed by atoms with Gasteiger partial charge in [-0.1, -0.05) is 6.07 Å². The van der Waals surface area contributed by atoms with Crippen LogP contribution in [0.5, 0.6) is 11.5 Å². The fourth-order valence-electron chi connectivity index (χ4n) is 2.72. The molecule has 0 bridgehead atoms. The summed E-state index contributed by atoms with van der Waals surface area (Å²) in [4.78, 5) is 4.59. The largest absolute Gasteiger partial charge is 0.454 e. The second-order valence-corrected chi connectivity index (χ2v) is 5.96. The van der Waals surface area contributed by atoms with E-state index in [1.807, 2.05) is 18.2 Å². The third kappa shape index (κ3) is 4.10. The number of hydrogen-bond acceptors (Lipinski definition) is 6. The molecule has 1 aromatic carbocycles. The molecule has 1 fully saturated rings. The molecular formula is C16H24N2O4. The monoisotopic (exact) mass is 308 g/mol. The Kier molecular flexibility index (Phi) is 5.15. The van der Waals surface area contributed by atoms with Crippen LogP contribution in [0.15, 0.2) is 18.2 Å². The maximum Gasteiger partial charge on any atom is 0.231 e. The summed E-state index contributed by atoms with van der Waals surface area (Å²) in [6, 6.07) is 5.78. The number of rotatable bonds is 6. The number of piperazine rings is 1. The summed E-state index contributed by atoms with van der Waals surface area (Å²) in [6.07, 6.45) is -0.447. The number of aliphatic hydroxyl groups excluding tert-OH is 1. The lowest BCUT2D eigenvalue weighted by atomic mass is 10.2. The highest BCUT2D eigenvalue weighted by Crippen LogP contribution is 2.32. The number of β-amino-alcohol motifs (C(OH)–C–C–N with tert-alkyl or cyclic N) is 1. The molecule has 0 spiro atoms. The normalized spacial score (nSPS) is 20.3. The average Bonchev–Trinajstić information content (AvgIpc) is 2.97. The second-order valence-electron chi connectivity index (χ2n) is 5.96. The van der Waals surface area contributed by atoms with E-state index in [1.165, 1.54) is 0 Å². The van der Waals surface area contributed by atoms with Crippen molar-refractivity contribution in [1.29, 1.82) is 0 Å². The van der Waals surface area contributed by atoms with Gasteiger partial charge in [0.2, 0.25) is 6.79 Å². The molecule has 3 rings (SSSR count). The summed E-state index contributed by atoms with van der Waals surface area (Å²) in [5.41, 5.74) is 1.02. The summed E-state index contributed by atoms with van der Waals surface area (Å²) in [6.45, 7) is 5.91. The first-order chi connectivity index (χ1) is 10.7. The van der Waals surface area contributed by atoms with Gasteiger partial charge in [0.25, 0.3) is 0 Å². The first-order valence-corrected chi connectivity index (χ1v) is 7.76. The van der Waals surface area contributed by atoms with Gasteiger partial charge in [0.05, 0.1) is 19.3 Å². The molecule has 122 valence electrons. The Balaban J connectivity index is 1.37. The van der Waals surface area contributed by atoms with Gasteiger partial charge in [-0.3, -0.25) is 4.90 Å². The molecule has 1 saturated heterocycles. The minimum atomic E-state index is -0.447. The Morgan fingerprint density at radius 1 is 1.18 bits per heavy atom. The zero-order chi connectivity index (χ0) is 15.4. The summed E-state index contributed by atoms with van der Waals surface area (Å²) in [7, 11) is 2.13. The van der Waals surface area contributed by atoms with Gasteiger partial charge in [-0.15, -0.1) is 0 Å². The lowest BCUT2D eigenvalue weighted by Gasteiger charge is -2.33. The van der Waals surface area contributed by atoms with E-state index in [9.17, 15) is 5.11 Å². The van der Waals surface area contributed by atoms with E-state index in [2.05, 4.69) is 16.8 Å². The topological polar surface area (TPSA) is 54.4 Å². The Labute approximate surface area is 131 Å². The minimum Gasteiger partial charge on any atom is -0.454 e. The average molecular weight is 308 g/mol. The Bertz CT molecular complexity index is 489. The molecule has 0 amide bonds. The summed E-state index contributed by atoms with van der Waals surface area (Å²) >= 11 is 0. The molecule has 6 nitrogen and oxygen atoms in total. The molecule has 2 heterocycles. The molecule has 22 heavy (non-hydrogen) atoms. The van der Waals surface area contributed by atoms with Crippen LogP contribution in [0, 0.1) is 0 Å². The van der Waals surface area contributed by atoms with E-state index in [4.69, 9.17) is 14.2 Å². The van der Waals surface area contributed by atoms with Crippen molar-refractivity contribution in [3.8, 4) is 11.5 Å². The fraction of sp³-hybridized carbons (Fsp3) is 0.625. The molecule has 1 N–H and O–H groups in total. The zero-order valence-corrected chi connectivity index (χ0v) is 13.0. The van der Waals surface area contributed by atoms with Crippen LogP contribution < -0.4 is 9.47 Å². The molecule has 0 saturated carbocycles. The van der Waals surface area contributed by atoms with Gasteiger partial charge in [-0.05, 0) is 24.7 Å². The van der Waals surface area contributed by atoms with Crippen molar-refractivity contribution in [2.75, 3.05) is 53.2 Å². The van der Waals surface area contributed by atoms with Gasteiger partial charge in [0.15, 0.2) is 11.5 Å². The first-order valence-electron chi connectivity index (χ1n) is 7.76. The van der Waals surface area contributed by atoms with Gasteiger partial charge in [-0.25, -0.2) is 0 Å². The molecule has 2 aliphatic rings. The van der Waals surface area contributed by atoms with Gasteiger partial charge >= 0.3 is 0 Å². The molecule has 0 aromatic heterocycles. The predicted octanol–water partition coefficient (Wildman–Crippen LogP) is 0.540. The highest BCUT2D eigenvalue weighted by atomic mass is 16.7. The molecule has 1 aromatic rings. The van der Waals surface area contributed by atoms with Crippen molar-refractivity contribution >= 4 is 0 Å². The Morgan fingerprint density at radius 3 is 2.77 bits per heavy atom. The smallest absolute Gasteiger partial charge is 0.231 e. The predicted molar refractivity (Wildman–Crippen MR) is 82.2 cm³/mol. The van der Waals surface area contributed by atoms with E-state index >= 15 is 0 Å². The summed E-state index contributed by atoms with van der Waals surface area (Å²) < 4.78 is 16.2. The number of nitrogens with zero attached hydrogens (tertiary/aromatic N) is 2. The van der Waals surface area contributed by atoms with Crippen LogP contribution in [0.4, 0.5) is 0 Å². The first kappa shape index (κ1) is 15.6. The lowest BCUT2D eigenvalue weighted by molar-refractivity contribution is 0.00294. The molecule has 1 atom stereocenters. The van der Waals surface area contributed by atoms with E-state index in [0.717, 1.165) is 43.2 Å². The molecule has 0 radical (unpaired) electrons. The number of fused-ring (bicyclic) bond motifs is 1. The quantitative estimate of drug-likeness (QED) is 0.828. The number of aliphatic hydroxyl groups is 1. The van der Waals surface area contributed by atoms with Gasteiger partial charge in [0, 0.05) is 32.7 Å². The van der Waals surface area contributed by atoms with Crippen molar-refractivity contribution in [2.24, 2.45) is 0 Å². The molecule has 6 heteroatoms. The minimum absolute atomic E-state index is 0.281.